The van der Waals surface area contributed by atoms with Crippen molar-refractivity contribution in [2.45, 2.75) is 37.6 Å². The number of aryl methyl sites for hydroxylation is 2. The third kappa shape index (κ3) is 4.40. The van der Waals surface area contributed by atoms with Crippen LogP contribution >= 0.6 is 11.8 Å². The highest BCUT2D eigenvalue weighted by molar-refractivity contribution is 7.99. The number of fused-ring (bicyclic) bond motifs is 1. The highest BCUT2D eigenvalue weighted by Gasteiger charge is 2.17. The smallest absolute Gasteiger partial charge is 0.311 e. The monoisotopic (exact) mass is 382 g/mol. The lowest BCUT2D eigenvalue weighted by Crippen LogP contribution is -2.11. The van der Waals surface area contributed by atoms with Gasteiger partial charge in [0.25, 0.3) is 5.76 Å². The Kier molecular flexibility index (Phi) is 5.55. The molecule has 1 aromatic carbocycles. The molecule has 0 radical (unpaired) electrons. The predicted octanol–water partition coefficient (Wildman–Crippen LogP) is 3.68. The van der Waals surface area contributed by atoms with Crippen LogP contribution in [-0.4, -0.2) is 28.5 Å². The first-order chi connectivity index (χ1) is 12.4. The fourth-order valence-corrected chi connectivity index (χ4v) is 3.09. The van der Waals surface area contributed by atoms with Gasteiger partial charge >= 0.3 is 5.97 Å². The molecule has 9 heteroatoms. The van der Waals surface area contributed by atoms with Crippen molar-refractivity contribution in [2.75, 3.05) is 6.79 Å². The molecule has 0 amide bonds. The van der Waals surface area contributed by atoms with Crippen molar-refractivity contribution in [3.63, 3.8) is 0 Å². The van der Waals surface area contributed by atoms with E-state index in [0.29, 0.717) is 46.8 Å². The lowest BCUT2D eigenvalue weighted by molar-refractivity contribution is -0.134. The van der Waals surface area contributed by atoms with Crippen molar-refractivity contribution in [3.8, 4) is 17.2 Å². The molecular formula is C17H16F2N2O4S. The van der Waals surface area contributed by atoms with Gasteiger partial charge in [-0.3, -0.25) is 4.79 Å². The first kappa shape index (κ1) is 18.4. The second kappa shape index (κ2) is 7.86. The standard InChI is InChI=1S/C17H16F2N2O4S/c1-9-12(10(2)21-17(20-9)26-16(18)19)4-6-15(22)25-11-3-5-13-14(7-11)24-8-23-13/h3,5,7,16H,4,6,8H2,1-2H3. The largest absolute Gasteiger partial charge is 0.454 e. The average molecular weight is 382 g/mol. The van der Waals surface area contributed by atoms with Crippen LogP contribution in [0.15, 0.2) is 23.4 Å². The van der Waals surface area contributed by atoms with E-state index in [1.165, 1.54) is 0 Å². The second-order valence-electron chi connectivity index (χ2n) is 5.52. The van der Waals surface area contributed by atoms with Gasteiger partial charge in [-0.2, -0.15) is 8.78 Å². The molecule has 1 aromatic heterocycles. The van der Waals surface area contributed by atoms with Gasteiger partial charge in [-0.1, -0.05) is 0 Å². The molecule has 0 saturated heterocycles. The number of carbonyl (C=O) groups excluding carboxylic acids is 1. The molecular weight excluding hydrogens is 366 g/mol. The van der Waals surface area contributed by atoms with Gasteiger partial charge in [0.1, 0.15) is 5.75 Å². The number of nitrogens with zero attached hydrogens (tertiary/aromatic N) is 2. The number of carbonyl (C=O) groups is 1. The topological polar surface area (TPSA) is 70.5 Å². The number of esters is 1. The zero-order valence-corrected chi connectivity index (χ0v) is 14.9. The lowest BCUT2D eigenvalue weighted by Gasteiger charge is -2.10. The number of alkyl halides is 2. The van der Waals surface area contributed by atoms with Crippen molar-refractivity contribution >= 4 is 17.7 Å². The zero-order valence-electron chi connectivity index (χ0n) is 14.1. The van der Waals surface area contributed by atoms with E-state index in [2.05, 4.69) is 9.97 Å². The number of hydrogen-bond acceptors (Lipinski definition) is 7. The van der Waals surface area contributed by atoms with Crippen LogP contribution in [0.25, 0.3) is 0 Å². The summed E-state index contributed by atoms with van der Waals surface area (Å²) < 4.78 is 40.6. The Labute approximate surface area is 152 Å². The Balaban J connectivity index is 1.61. The fourth-order valence-electron chi connectivity index (χ4n) is 2.55. The van der Waals surface area contributed by atoms with E-state index in [4.69, 9.17) is 14.2 Å². The minimum absolute atomic E-state index is 0.0293. The Morgan fingerprint density at radius 1 is 1.23 bits per heavy atom. The fraction of sp³-hybridized carbons (Fsp3) is 0.353. The molecule has 0 unspecified atom stereocenters. The summed E-state index contributed by atoms with van der Waals surface area (Å²) in [5.74, 6) is -1.49. The van der Waals surface area contributed by atoms with E-state index in [1.807, 2.05) is 0 Å². The molecule has 0 spiro atoms. The van der Waals surface area contributed by atoms with Crippen molar-refractivity contribution in [3.05, 3.63) is 35.2 Å². The molecule has 2 heterocycles. The van der Waals surface area contributed by atoms with Crippen LogP contribution in [0.4, 0.5) is 8.78 Å². The molecule has 0 bridgehead atoms. The summed E-state index contributed by atoms with van der Waals surface area (Å²) in [6.45, 7) is 3.57. The van der Waals surface area contributed by atoms with Crippen LogP contribution in [-0.2, 0) is 11.2 Å². The number of thioether (sulfide) groups is 1. The van der Waals surface area contributed by atoms with E-state index in [9.17, 15) is 13.6 Å². The number of hydrogen-bond donors (Lipinski definition) is 0. The van der Waals surface area contributed by atoms with Crippen molar-refractivity contribution in [1.29, 1.82) is 0 Å². The number of benzene rings is 1. The molecule has 1 aliphatic heterocycles. The summed E-state index contributed by atoms with van der Waals surface area (Å²) in [6.07, 6.45) is 0.474. The third-order valence-electron chi connectivity index (χ3n) is 3.75. The van der Waals surface area contributed by atoms with Crippen LogP contribution in [0, 0.1) is 13.8 Å². The number of ether oxygens (including phenoxy) is 3. The van der Waals surface area contributed by atoms with Gasteiger partial charge in [-0.05, 0) is 49.7 Å². The molecule has 0 N–H and O–H groups in total. The van der Waals surface area contributed by atoms with Crippen LogP contribution in [0.5, 0.6) is 17.2 Å². The van der Waals surface area contributed by atoms with E-state index in [-0.39, 0.29) is 18.4 Å². The Morgan fingerprint density at radius 3 is 2.62 bits per heavy atom. The minimum atomic E-state index is -2.57. The number of rotatable bonds is 6. The van der Waals surface area contributed by atoms with E-state index >= 15 is 0 Å². The normalized spacial score (nSPS) is 12.5. The summed E-state index contributed by atoms with van der Waals surface area (Å²) in [6, 6.07) is 4.89. The third-order valence-corrected chi connectivity index (χ3v) is 4.32. The molecule has 3 rings (SSSR count). The number of aromatic nitrogens is 2. The van der Waals surface area contributed by atoms with Gasteiger partial charge in [0, 0.05) is 17.5 Å². The van der Waals surface area contributed by atoms with Crippen molar-refractivity contribution < 1.29 is 27.8 Å². The summed E-state index contributed by atoms with van der Waals surface area (Å²) in [5, 5.41) is 0.0293. The average Bonchev–Trinajstić information content (AvgIpc) is 3.01. The molecule has 0 aliphatic carbocycles. The van der Waals surface area contributed by atoms with Gasteiger partial charge in [0.15, 0.2) is 16.7 Å². The highest BCUT2D eigenvalue weighted by Crippen LogP contribution is 2.35. The minimum Gasteiger partial charge on any atom is -0.454 e. The Hall–Kier alpha value is -2.42. The molecule has 1 aliphatic rings. The summed E-state index contributed by atoms with van der Waals surface area (Å²) in [5.41, 5.74) is 1.92. The van der Waals surface area contributed by atoms with E-state index < -0.39 is 11.7 Å². The maximum atomic E-state index is 12.4. The lowest BCUT2D eigenvalue weighted by atomic mass is 10.1. The summed E-state index contributed by atoms with van der Waals surface area (Å²) >= 11 is 0.302. The molecule has 0 atom stereocenters. The zero-order chi connectivity index (χ0) is 18.7. The van der Waals surface area contributed by atoms with Gasteiger partial charge in [0.05, 0.1) is 6.42 Å². The van der Waals surface area contributed by atoms with Gasteiger partial charge in [-0.25, -0.2) is 9.97 Å². The van der Waals surface area contributed by atoms with Crippen molar-refractivity contribution in [2.24, 2.45) is 0 Å². The molecule has 0 saturated carbocycles. The maximum Gasteiger partial charge on any atom is 0.311 e. The van der Waals surface area contributed by atoms with Gasteiger partial charge in [-0.15, -0.1) is 0 Å². The van der Waals surface area contributed by atoms with Crippen LogP contribution in [0.3, 0.4) is 0 Å². The van der Waals surface area contributed by atoms with Gasteiger partial charge < -0.3 is 14.2 Å². The van der Waals surface area contributed by atoms with Crippen LogP contribution < -0.4 is 14.2 Å². The maximum absolute atomic E-state index is 12.4. The van der Waals surface area contributed by atoms with E-state index in [0.717, 1.165) is 5.56 Å². The van der Waals surface area contributed by atoms with Crippen LogP contribution in [0.2, 0.25) is 0 Å². The Morgan fingerprint density at radius 2 is 1.92 bits per heavy atom. The predicted molar refractivity (Wildman–Crippen MR) is 89.9 cm³/mol. The molecule has 138 valence electrons. The van der Waals surface area contributed by atoms with Gasteiger partial charge in [0.2, 0.25) is 6.79 Å². The van der Waals surface area contributed by atoms with E-state index in [1.54, 1.807) is 32.0 Å². The molecule has 26 heavy (non-hydrogen) atoms. The van der Waals surface area contributed by atoms with Crippen LogP contribution in [0.1, 0.15) is 23.4 Å². The summed E-state index contributed by atoms with van der Waals surface area (Å²) in [4.78, 5) is 20.2. The summed E-state index contributed by atoms with van der Waals surface area (Å²) in [7, 11) is 0. The quantitative estimate of drug-likeness (QED) is 0.327. The molecule has 2 aromatic rings. The van der Waals surface area contributed by atoms with Crippen molar-refractivity contribution in [1.82, 2.24) is 9.97 Å². The first-order valence-electron chi connectivity index (χ1n) is 7.81. The number of halogens is 2. The second-order valence-corrected chi connectivity index (χ2v) is 6.48. The first-order valence-corrected chi connectivity index (χ1v) is 8.69. The molecule has 0 fully saturated rings. The Bertz CT molecular complexity index is 809. The SMILES string of the molecule is Cc1nc(SC(F)F)nc(C)c1CCC(=O)Oc1ccc2c(c1)OCO2. The molecule has 6 nitrogen and oxygen atoms in total. The highest BCUT2D eigenvalue weighted by atomic mass is 32.2.